The number of carboxylic acid groups (broad SMARTS) is 1. The molecule has 180 valence electrons. The van der Waals surface area contributed by atoms with E-state index in [4.69, 9.17) is 9.84 Å². The molecule has 0 saturated carbocycles. The summed E-state index contributed by atoms with van der Waals surface area (Å²) in [6.07, 6.45) is 0.389. The van der Waals surface area contributed by atoms with E-state index in [1.54, 1.807) is 18.4 Å². The second kappa shape index (κ2) is 8.62. The van der Waals surface area contributed by atoms with Crippen molar-refractivity contribution < 1.29 is 32.2 Å². The molecule has 3 N–H and O–H groups in total. The Labute approximate surface area is 191 Å². The number of fused-ring (bicyclic) bond motifs is 1. The number of allylic oxidation sites excluding steroid dienone is 3. The minimum Gasteiger partial charge on any atom is -0.481 e. The molecule has 2 heterocycles. The molecule has 0 bridgehead atoms. The number of ether oxygens (including phenoxy) is 1. The lowest BCUT2D eigenvalue weighted by Gasteiger charge is -2.23. The Hall–Kier alpha value is -3.63. The number of hydrogen-bond donors (Lipinski definition) is 3. The summed E-state index contributed by atoms with van der Waals surface area (Å²) in [5, 5.41) is 12.0. The number of aromatic nitrogens is 2. The first-order valence-electron chi connectivity index (χ1n) is 10.4. The van der Waals surface area contributed by atoms with Crippen LogP contribution in [-0.2, 0) is 15.7 Å². The third-order valence-corrected chi connectivity index (χ3v) is 5.59. The summed E-state index contributed by atoms with van der Waals surface area (Å²) in [4.78, 5) is 22.4. The van der Waals surface area contributed by atoms with Gasteiger partial charge in [-0.25, -0.2) is 14.4 Å². The van der Waals surface area contributed by atoms with Gasteiger partial charge in [0.2, 0.25) is 0 Å². The number of carbonyl (C=O) groups is 1. The second-order valence-electron chi connectivity index (χ2n) is 8.72. The molecule has 4 rings (SSSR count). The molecule has 1 aromatic heterocycles. The molecular formula is C23H22F4N4O3. The van der Waals surface area contributed by atoms with Crippen molar-refractivity contribution in [1.29, 1.82) is 0 Å². The fraction of sp³-hybridized carbons (Fsp3) is 0.348. The topological polar surface area (TPSA) is 99.6 Å². The number of nitrogens with zero attached hydrogens (tertiary/aromatic N) is 2. The standard InChI is InChI=1S/C23H22F4N4O3/c1-22(2,20(32)33)11-34-21-28-9-13(10-29-21)12-3-5-15(16(24)7-12)19-30-17-6-4-14(23(25,26)27)8-18(17)31-19/h3-9,15-16H,10-11H2,1-2H3,(H,28,29)(H,30,31)(H,32,33). The van der Waals surface area contributed by atoms with Crippen molar-refractivity contribution in [2.45, 2.75) is 32.1 Å². The summed E-state index contributed by atoms with van der Waals surface area (Å²) in [5.74, 6) is -1.53. The molecule has 1 aliphatic carbocycles. The first-order chi connectivity index (χ1) is 15.9. The maximum absolute atomic E-state index is 15.0. The largest absolute Gasteiger partial charge is 0.481 e. The average molecular weight is 478 g/mol. The van der Waals surface area contributed by atoms with Gasteiger partial charge in [0.05, 0.1) is 34.5 Å². The van der Waals surface area contributed by atoms with Crippen LogP contribution in [0.3, 0.4) is 0 Å². The van der Waals surface area contributed by atoms with Gasteiger partial charge in [-0.3, -0.25) is 4.79 Å². The van der Waals surface area contributed by atoms with E-state index in [2.05, 4.69) is 20.3 Å². The van der Waals surface area contributed by atoms with Gasteiger partial charge < -0.3 is 20.1 Å². The van der Waals surface area contributed by atoms with E-state index >= 15 is 4.39 Å². The quantitative estimate of drug-likeness (QED) is 0.551. The highest BCUT2D eigenvalue weighted by molar-refractivity contribution is 5.78. The van der Waals surface area contributed by atoms with Gasteiger partial charge in [-0.1, -0.05) is 12.2 Å². The van der Waals surface area contributed by atoms with E-state index in [1.807, 2.05) is 0 Å². The number of hydrogen-bond acceptors (Lipinski definition) is 5. The number of benzene rings is 1. The molecule has 1 aliphatic heterocycles. The number of aliphatic imine (C=N–C) groups is 1. The van der Waals surface area contributed by atoms with Crippen molar-refractivity contribution in [2.75, 3.05) is 13.2 Å². The maximum atomic E-state index is 15.0. The third-order valence-electron chi connectivity index (χ3n) is 5.59. The second-order valence-corrected chi connectivity index (χ2v) is 8.72. The molecule has 2 unspecified atom stereocenters. The molecule has 0 fully saturated rings. The molecule has 7 nitrogen and oxygen atoms in total. The van der Waals surface area contributed by atoms with Crippen LogP contribution in [0.15, 0.2) is 58.8 Å². The predicted octanol–water partition coefficient (Wildman–Crippen LogP) is 4.47. The molecular weight excluding hydrogens is 456 g/mol. The minimum absolute atomic E-state index is 0.0733. The number of aromatic amines is 1. The molecule has 1 aromatic carbocycles. The lowest BCUT2D eigenvalue weighted by Crippen LogP contribution is -2.34. The van der Waals surface area contributed by atoms with Gasteiger partial charge in [-0.2, -0.15) is 13.2 Å². The number of alkyl halides is 4. The zero-order chi connectivity index (χ0) is 24.7. The van der Waals surface area contributed by atoms with Crippen LogP contribution in [0.4, 0.5) is 17.6 Å². The van der Waals surface area contributed by atoms with Gasteiger partial charge in [0.15, 0.2) is 0 Å². The summed E-state index contributed by atoms with van der Waals surface area (Å²) >= 11 is 0. The van der Waals surface area contributed by atoms with Crippen molar-refractivity contribution in [3.8, 4) is 0 Å². The highest BCUT2D eigenvalue weighted by Crippen LogP contribution is 2.34. The third kappa shape index (κ3) is 4.82. The van der Waals surface area contributed by atoms with E-state index in [-0.39, 0.29) is 30.5 Å². The first kappa shape index (κ1) is 23.5. The van der Waals surface area contributed by atoms with Crippen LogP contribution in [0.2, 0.25) is 0 Å². The number of imidazole rings is 1. The number of rotatable bonds is 5. The molecule has 0 radical (unpaired) electrons. The van der Waals surface area contributed by atoms with Gasteiger partial charge in [0.25, 0.3) is 6.02 Å². The zero-order valence-corrected chi connectivity index (χ0v) is 18.3. The van der Waals surface area contributed by atoms with Crippen LogP contribution in [0.25, 0.3) is 11.0 Å². The van der Waals surface area contributed by atoms with Crippen molar-refractivity contribution in [3.63, 3.8) is 0 Å². The fourth-order valence-electron chi connectivity index (χ4n) is 3.43. The normalized spacial score (nSPS) is 20.9. The summed E-state index contributed by atoms with van der Waals surface area (Å²) in [7, 11) is 0. The van der Waals surface area contributed by atoms with E-state index in [9.17, 15) is 18.0 Å². The molecule has 2 aliphatic rings. The van der Waals surface area contributed by atoms with Gasteiger partial charge in [-0.05, 0) is 49.3 Å². The van der Waals surface area contributed by atoms with E-state index in [0.29, 0.717) is 16.7 Å². The summed E-state index contributed by atoms with van der Waals surface area (Å²) < 4.78 is 59.3. The number of amidine groups is 1. The predicted molar refractivity (Wildman–Crippen MR) is 117 cm³/mol. The Balaban J connectivity index is 1.42. The van der Waals surface area contributed by atoms with Crippen LogP contribution < -0.4 is 5.32 Å². The summed E-state index contributed by atoms with van der Waals surface area (Å²) in [5.41, 5.74) is -0.0788. The molecule has 11 heteroatoms. The van der Waals surface area contributed by atoms with Crippen LogP contribution in [0.1, 0.15) is 31.2 Å². The van der Waals surface area contributed by atoms with Crippen molar-refractivity contribution in [2.24, 2.45) is 10.4 Å². The Bertz CT molecular complexity index is 1240. The lowest BCUT2D eigenvalue weighted by molar-refractivity contribution is -0.148. The van der Waals surface area contributed by atoms with Crippen molar-refractivity contribution in [1.82, 2.24) is 15.3 Å². The Morgan fingerprint density at radius 1 is 1.29 bits per heavy atom. The van der Waals surface area contributed by atoms with Crippen LogP contribution in [0.5, 0.6) is 0 Å². The minimum atomic E-state index is -4.48. The highest BCUT2D eigenvalue weighted by Gasteiger charge is 2.32. The maximum Gasteiger partial charge on any atom is 0.416 e. The summed E-state index contributed by atoms with van der Waals surface area (Å²) in [6, 6.07) is 3.33. The summed E-state index contributed by atoms with van der Waals surface area (Å²) in [6.45, 7) is 3.20. The monoisotopic (exact) mass is 478 g/mol. The molecule has 34 heavy (non-hydrogen) atoms. The van der Waals surface area contributed by atoms with Gasteiger partial charge in [-0.15, -0.1) is 0 Å². The highest BCUT2D eigenvalue weighted by atomic mass is 19.4. The van der Waals surface area contributed by atoms with Gasteiger partial charge in [0, 0.05) is 6.20 Å². The van der Waals surface area contributed by atoms with Crippen LogP contribution in [-0.4, -0.2) is 46.4 Å². The van der Waals surface area contributed by atoms with E-state index in [0.717, 1.165) is 12.1 Å². The lowest BCUT2D eigenvalue weighted by atomic mass is 9.91. The molecule has 2 aromatic rings. The van der Waals surface area contributed by atoms with Crippen molar-refractivity contribution in [3.05, 3.63) is 65.2 Å². The SMILES string of the molecule is CC(C)(COC1=NCC(C2=CC(F)C(c3nc4ccc(C(F)(F)F)cc4[nH]3)C=C2)=CN1)C(=O)O. The number of carboxylic acids is 1. The van der Waals surface area contributed by atoms with E-state index < -0.39 is 35.2 Å². The number of H-pyrrole nitrogens is 1. The van der Waals surface area contributed by atoms with Gasteiger partial charge in [0.1, 0.15) is 18.6 Å². The molecule has 0 saturated heterocycles. The Morgan fingerprint density at radius 3 is 2.68 bits per heavy atom. The number of halogens is 4. The van der Waals surface area contributed by atoms with Crippen LogP contribution >= 0.6 is 0 Å². The van der Waals surface area contributed by atoms with E-state index in [1.165, 1.54) is 26.0 Å². The smallest absolute Gasteiger partial charge is 0.416 e. The fourth-order valence-corrected chi connectivity index (χ4v) is 3.43. The average Bonchev–Trinajstić information content (AvgIpc) is 3.20. The number of nitrogens with one attached hydrogen (secondary N) is 2. The van der Waals surface area contributed by atoms with Gasteiger partial charge >= 0.3 is 12.1 Å². The molecule has 0 amide bonds. The zero-order valence-electron chi connectivity index (χ0n) is 18.3. The van der Waals surface area contributed by atoms with Crippen molar-refractivity contribution >= 4 is 23.0 Å². The molecule has 0 spiro atoms. The van der Waals surface area contributed by atoms with Crippen LogP contribution in [0, 0.1) is 5.41 Å². The molecule has 2 atom stereocenters. The number of aliphatic carboxylic acids is 1. The Kier molecular flexibility index (Phi) is 5.96. The Morgan fingerprint density at radius 2 is 2.06 bits per heavy atom. The first-order valence-corrected chi connectivity index (χ1v) is 10.4.